The van der Waals surface area contributed by atoms with Crippen LogP contribution in [-0.2, 0) is 6.54 Å². The number of para-hydroxylation sites is 1. The van der Waals surface area contributed by atoms with E-state index >= 15 is 0 Å². The maximum atomic E-state index is 12.3. The van der Waals surface area contributed by atoms with Gasteiger partial charge in [-0.3, -0.25) is 0 Å². The van der Waals surface area contributed by atoms with Crippen molar-refractivity contribution < 1.29 is 23.0 Å². The van der Waals surface area contributed by atoms with E-state index in [0.29, 0.717) is 18.3 Å². The molecule has 1 atom stereocenters. The van der Waals surface area contributed by atoms with Crippen molar-refractivity contribution in [1.29, 1.82) is 0 Å². The van der Waals surface area contributed by atoms with Crippen molar-refractivity contribution in [2.75, 3.05) is 6.61 Å². The Morgan fingerprint density at radius 3 is 2.70 bits per heavy atom. The lowest BCUT2D eigenvalue weighted by Crippen LogP contribution is -2.34. The Labute approximate surface area is 115 Å². The molecule has 0 heterocycles. The molecule has 112 valence electrons. The van der Waals surface area contributed by atoms with Gasteiger partial charge in [0.15, 0.2) is 6.10 Å². The van der Waals surface area contributed by atoms with Crippen molar-refractivity contribution in [3.8, 4) is 5.75 Å². The van der Waals surface area contributed by atoms with E-state index in [2.05, 4.69) is 5.32 Å². The van der Waals surface area contributed by atoms with Gasteiger partial charge in [0.25, 0.3) is 0 Å². The quantitative estimate of drug-likeness (QED) is 0.845. The molecule has 20 heavy (non-hydrogen) atoms. The standard InChI is InChI=1S/C14H18F3NO2/c1-9-3-2-4-10(7-18-11-5-6-11)13(9)20-8-12(19)14(15,16)17/h2-4,11-12,18-19H,5-8H2,1H3. The summed E-state index contributed by atoms with van der Waals surface area (Å²) in [6.45, 7) is 1.55. The Bertz CT molecular complexity index is 458. The van der Waals surface area contributed by atoms with Gasteiger partial charge in [0.2, 0.25) is 0 Å². The summed E-state index contributed by atoms with van der Waals surface area (Å²) < 4.78 is 42.0. The summed E-state index contributed by atoms with van der Waals surface area (Å²) >= 11 is 0. The van der Waals surface area contributed by atoms with Gasteiger partial charge in [0, 0.05) is 18.2 Å². The predicted octanol–water partition coefficient (Wildman–Crippen LogP) is 2.55. The molecule has 1 aliphatic carbocycles. The van der Waals surface area contributed by atoms with Crippen LogP contribution >= 0.6 is 0 Å². The molecule has 1 fully saturated rings. The Hall–Kier alpha value is -1.27. The highest BCUT2D eigenvalue weighted by atomic mass is 19.4. The number of alkyl halides is 3. The van der Waals surface area contributed by atoms with Gasteiger partial charge in [-0.15, -0.1) is 0 Å². The Kier molecular flexibility index (Phi) is 4.55. The zero-order valence-corrected chi connectivity index (χ0v) is 11.2. The molecule has 0 saturated heterocycles. The first-order valence-electron chi connectivity index (χ1n) is 6.57. The zero-order valence-electron chi connectivity index (χ0n) is 11.2. The van der Waals surface area contributed by atoms with E-state index in [1.165, 1.54) is 0 Å². The molecule has 0 amide bonds. The van der Waals surface area contributed by atoms with Crippen molar-refractivity contribution in [2.45, 2.75) is 44.6 Å². The molecular weight excluding hydrogens is 271 g/mol. The number of rotatable bonds is 6. The number of benzene rings is 1. The lowest BCUT2D eigenvalue weighted by atomic mass is 10.1. The number of ether oxygens (including phenoxy) is 1. The van der Waals surface area contributed by atoms with Crippen LogP contribution in [0.3, 0.4) is 0 Å². The third-order valence-electron chi connectivity index (χ3n) is 3.22. The van der Waals surface area contributed by atoms with E-state index in [9.17, 15) is 13.2 Å². The molecule has 1 saturated carbocycles. The van der Waals surface area contributed by atoms with Crippen molar-refractivity contribution in [1.82, 2.24) is 5.32 Å². The van der Waals surface area contributed by atoms with Gasteiger partial charge < -0.3 is 15.2 Å². The van der Waals surface area contributed by atoms with Crippen LogP contribution in [0.15, 0.2) is 18.2 Å². The molecule has 0 radical (unpaired) electrons. The van der Waals surface area contributed by atoms with Gasteiger partial charge in [-0.25, -0.2) is 0 Å². The van der Waals surface area contributed by atoms with Crippen LogP contribution in [0.2, 0.25) is 0 Å². The minimum Gasteiger partial charge on any atom is -0.490 e. The van der Waals surface area contributed by atoms with E-state index < -0.39 is 18.9 Å². The summed E-state index contributed by atoms with van der Waals surface area (Å²) in [5.74, 6) is 0.420. The monoisotopic (exact) mass is 289 g/mol. The Morgan fingerprint density at radius 2 is 2.10 bits per heavy atom. The molecule has 0 aliphatic heterocycles. The van der Waals surface area contributed by atoms with Gasteiger partial charge in [-0.2, -0.15) is 13.2 Å². The van der Waals surface area contributed by atoms with Crippen molar-refractivity contribution in [2.24, 2.45) is 0 Å². The van der Waals surface area contributed by atoms with Crippen molar-refractivity contribution in [3.05, 3.63) is 29.3 Å². The number of hydrogen-bond acceptors (Lipinski definition) is 3. The number of aliphatic hydroxyl groups is 1. The second-order valence-electron chi connectivity index (χ2n) is 5.09. The number of nitrogens with one attached hydrogen (secondary N) is 1. The largest absolute Gasteiger partial charge is 0.490 e. The van der Waals surface area contributed by atoms with Gasteiger partial charge in [-0.05, 0) is 25.3 Å². The minimum absolute atomic E-state index is 0.420. The predicted molar refractivity (Wildman–Crippen MR) is 68.6 cm³/mol. The summed E-state index contributed by atoms with van der Waals surface area (Å²) in [7, 11) is 0. The highest BCUT2D eigenvalue weighted by molar-refractivity contribution is 5.40. The van der Waals surface area contributed by atoms with Crippen LogP contribution in [0, 0.1) is 6.92 Å². The third-order valence-corrected chi connectivity index (χ3v) is 3.22. The zero-order chi connectivity index (χ0) is 14.8. The molecule has 3 nitrogen and oxygen atoms in total. The molecule has 1 aromatic rings. The van der Waals surface area contributed by atoms with Crippen LogP contribution in [0.1, 0.15) is 24.0 Å². The molecule has 2 rings (SSSR count). The molecule has 6 heteroatoms. The summed E-state index contributed by atoms with van der Waals surface area (Å²) in [5.41, 5.74) is 1.57. The van der Waals surface area contributed by atoms with Crippen LogP contribution < -0.4 is 10.1 Å². The fourth-order valence-corrected chi connectivity index (χ4v) is 1.86. The van der Waals surface area contributed by atoms with E-state index in [0.717, 1.165) is 24.0 Å². The molecule has 0 bridgehead atoms. The molecule has 0 spiro atoms. The van der Waals surface area contributed by atoms with Crippen LogP contribution in [0.5, 0.6) is 5.75 Å². The summed E-state index contributed by atoms with van der Waals surface area (Å²) in [4.78, 5) is 0. The molecule has 0 aromatic heterocycles. The van der Waals surface area contributed by atoms with E-state index in [1.54, 1.807) is 13.0 Å². The lowest BCUT2D eigenvalue weighted by molar-refractivity contribution is -0.210. The van der Waals surface area contributed by atoms with E-state index in [1.807, 2.05) is 12.1 Å². The topological polar surface area (TPSA) is 41.5 Å². The number of aryl methyl sites for hydroxylation is 1. The van der Waals surface area contributed by atoms with Gasteiger partial charge >= 0.3 is 6.18 Å². The van der Waals surface area contributed by atoms with Crippen LogP contribution in [0.4, 0.5) is 13.2 Å². The first kappa shape index (κ1) is 15.1. The smallest absolute Gasteiger partial charge is 0.417 e. The Morgan fingerprint density at radius 1 is 1.40 bits per heavy atom. The average Bonchev–Trinajstić information content (AvgIpc) is 3.17. The van der Waals surface area contributed by atoms with Crippen molar-refractivity contribution >= 4 is 0 Å². The highest BCUT2D eigenvalue weighted by Gasteiger charge is 2.38. The van der Waals surface area contributed by atoms with Crippen LogP contribution in [-0.4, -0.2) is 30.0 Å². The summed E-state index contributed by atoms with van der Waals surface area (Å²) in [6.07, 6.45) is -4.86. The first-order valence-corrected chi connectivity index (χ1v) is 6.57. The molecule has 1 aromatic carbocycles. The summed E-state index contributed by atoms with van der Waals surface area (Å²) in [5, 5.41) is 12.3. The molecule has 1 aliphatic rings. The minimum atomic E-state index is -4.66. The van der Waals surface area contributed by atoms with Crippen LogP contribution in [0.25, 0.3) is 0 Å². The molecule has 1 unspecified atom stereocenters. The van der Waals surface area contributed by atoms with Gasteiger partial charge in [-0.1, -0.05) is 18.2 Å². The molecular formula is C14H18F3NO2. The van der Waals surface area contributed by atoms with E-state index in [-0.39, 0.29) is 0 Å². The third kappa shape index (κ3) is 4.11. The number of hydrogen-bond donors (Lipinski definition) is 2. The number of halogens is 3. The van der Waals surface area contributed by atoms with Gasteiger partial charge in [0.1, 0.15) is 12.4 Å². The lowest BCUT2D eigenvalue weighted by Gasteiger charge is -2.18. The second kappa shape index (κ2) is 6.01. The highest BCUT2D eigenvalue weighted by Crippen LogP contribution is 2.27. The summed E-state index contributed by atoms with van der Waals surface area (Å²) in [6, 6.07) is 5.93. The second-order valence-corrected chi connectivity index (χ2v) is 5.09. The molecule has 2 N–H and O–H groups in total. The average molecular weight is 289 g/mol. The maximum absolute atomic E-state index is 12.3. The van der Waals surface area contributed by atoms with Crippen molar-refractivity contribution in [3.63, 3.8) is 0 Å². The van der Waals surface area contributed by atoms with E-state index in [4.69, 9.17) is 9.84 Å². The van der Waals surface area contributed by atoms with Gasteiger partial charge in [0.05, 0.1) is 0 Å². The maximum Gasteiger partial charge on any atom is 0.417 e. The number of aliphatic hydroxyl groups excluding tert-OH is 1. The SMILES string of the molecule is Cc1cccc(CNC2CC2)c1OCC(O)C(F)(F)F. The fraction of sp³-hybridized carbons (Fsp3) is 0.571. The normalized spacial score (nSPS) is 17.1. The fourth-order valence-electron chi connectivity index (χ4n) is 1.86. The Balaban J connectivity index is 2.01. The first-order chi connectivity index (χ1) is 9.38.